The van der Waals surface area contributed by atoms with Crippen LogP contribution < -0.4 is 10.1 Å². The summed E-state index contributed by atoms with van der Waals surface area (Å²) in [4.78, 5) is 23.7. The van der Waals surface area contributed by atoms with Crippen molar-refractivity contribution in [1.29, 1.82) is 0 Å². The van der Waals surface area contributed by atoms with Crippen molar-refractivity contribution in [2.75, 3.05) is 13.2 Å². The Balaban J connectivity index is 2.04. The third-order valence-electron chi connectivity index (χ3n) is 3.02. The lowest BCUT2D eigenvalue weighted by Gasteiger charge is -2.19. The first-order valence-corrected chi connectivity index (χ1v) is 7.11. The lowest BCUT2D eigenvalue weighted by atomic mass is 10.1. The summed E-state index contributed by atoms with van der Waals surface area (Å²) in [6.45, 7) is 5.41. The molecule has 0 bridgehead atoms. The highest BCUT2D eigenvalue weighted by Gasteiger charge is 2.23. The first-order chi connectivity index (χ1) is 10.5. The second-order valence-corrected chi connectivity index (χ2v) is 5.16. The molecule has 116 valence electrons. The van der Waals surface area contributed by atoms with E-state index in [2.05, 4.69) is 11.9 Å². The van der Waals surface area contributed by atoms with Gasteiger partial charge in [0.25, 0.3) is 5.91 Å². The van der Waals surface area contributed by atoms with Gasteiger partial charge in [-0.15, -0.1) is 6.58 Å². The molecule has 0 saturated carbocycles. The first-order valence-electron chi connectivity index (χ1n) is 6.73. The molecule has 0 aromatic heterocycles. The molecule has 0 fully saturated rings. The maximum absolute atomic E-state index is 12.1. The molecule has 2 rings (SSSR count). The van der Waals surface area contributed by atoms with Crippen LogP contribution in [0.5, 0.6) is 5.75 Å². The predicted octanol–water partition coefficient (Wildman–Crippen LogP) is 2.35. The molecule has 22 heavy (non-hydrogen) atoms. The SMILES string of the molecule is C=CCNC(=O)C(C)OC(=O)C1=Cc2cc(Cl)ccc2OC1. The number of ether oxygens (including phenoxy) is 2. The summed E-state index contributed by atoms with van der Waals surface area (Å²) in [6.07, 6.45) is 2.31. The lowest BCUT2D eigenvalue weighted by molar-refractivity contribution is -0.151. The van der Waals surface area contributed by atoms with Crippen molar-refractivity contribution >= 4 is 29.6 Å². The third-order valence-corrected chi connectivity index (χ3v) is 3.26. The van der Waals surface area contributed by atoms with Crippen LogP contribution in [0.2, 0.25) is 5.02 Å². The predicted molar refractivity (Wildman–Crippen MR) is 83.7 cm³/mol. The Hall–Kier alpha value is -2.27. The number of halogens is 1. The molecule has 1 aromatic rings. The number of fused-ring (bicyclic) bond motifs is 1. The van der Waals surface area contributed by atoms with Gasteiger partial charge in [-0.1, -0.05) is 17.7 Å². The average Bonchev–Trinajstić information content (AvgIpc) is 2.51. The molecule has 1 aromatic carbocycles. The number of rotatable bonds is 5. The first kappa shape index (κ1) is 16.1. The van der Waals surface area contributed by atoms with E-state index in [-0.39, 0.29) is 12.5 Å². The molecule has 1 aliphatic heterocycles. The van der Waals surface area contributed by atoms with Crippen LogP contribution in [0.3, 0.4) is 0 Å². The minimum absolute atomic E-state index is 0.0917. The fraction of sp³-hybridized carbons (Fsp3) is 0.250. The Bertz CT molecular complexity index is 639. The molecule has 1 unspecified atom stereocenters. The van der Waals surface area contributed by atoms with E-state index in [1.54, 1.807) is 30.4 Å². The van der Waals surface area contributed by atoms with Gasteiger partial charge in [-0.05, 0) is 31.2 Å². The van der Waals surface area contributed by atoms with Crippen LogP contribution in [-0.4, -0.2) is 31.1 Å². The van der Waals surface area contributed by atoms with Crippen LogP contribution in [-0.2, 0) is 14.3 Å². The largest absolute Gasteiger partial charge is 0.488 e. The van der Waals surface area contributed by atoms with Crippen LogP contribution in [0.1, 0.15) is 12.5 Å². The quantitative estimate of drug-likeness (QED) is 0.668. The number of carbonyl (C=O) groups excluding carboxylic acids is 2. The highest BCUT2D eigenvalue weighted by molar-refractivity contribution is 6.30. The Kier molecular flexibility index (Phi) is 5.22. The smallest absolute Gasteiger partial charge is 0.338 e. The second-order valence-electron chi connectivity index (χ2n) is 4.72. The molecule has 0 aliphatic carbocycles. The molecule has 1 N–H and O–H groups in total. The number of esters is 1. The minimum Gasteiger partial charge on any atom is -0.488 e. The molecule has 1 aliphatic rings. The minimum atomic E-state index is -0.894. The van der Waals surface area contributed by atoms with Gasteiger partial charge in [0.1, 0.15) is 12.4 Å². The standard InChI is InChI=1S/C16H16ClNO4/c1-3-6-18-15(19)10(2)22-16(20)12-7-11-8-13(17)4-5-14(11)21-9-12/h3-5,7-8,10H,1,6,9H2,2H3,(H,18,19). The van der Waals surface area contributed by atoms with Crippen molar-refractivity contribution in [1.82, 2.24) is 5.32 Å². The normalized spacial score (nSPS) is 14.0. The zero-order chi connectivity index (χ0) is 16.1. The van der Waals surface area contributed by atoms with E-state index in [9.17, 15) is 9.59 Å². The maximum Gasteiger partial charge on any atom is 0.338 e. The van der Waals surface area contributed by atoms with E-state index in [0.29, 0.717) is 28.5 Å². The van der Waals surface area contributed by atoms with Gasteiger partial charge in [0.15, 0.2) is 6.10 Å². The molecule has 1 heterocycles. The Morgan fingerprint density at radius 2 is 2.32 bits per heavy atom. The highest BCUT2D eigenvalue weighted by atomic mass is 35.5. The van der Waals surface area contributed by atoms with Crippen LogP contribution >= 0.6 is 11.6 Å². The summed E-state index contributed by atoms with van der Waals surface area (Å²) in [5, 5.41) is 3.11. The van der Waals surface area contributed by atoms with Crippen molar-refractivity contribution in [3.05, 3.63) is 47.0 Å². The van der Waals surface area contributed by atoms with Gasteiger partial charge in [-0.3, -0.25) is 4.79 Å². The fourth-order valence-electron chi connectivity index (χ4n) is 1.87. The van der Waals surface area contributed by atoms with E-state index in [0.717, 1.165) is 0 Å². The van der Waals surface area contributed by atoms with Gasteiger partial charge in [-0.2, -0.15) is 0 Å². The second kappa shape index (κ2) is 7.13. The van der Waals surface area contributed by atoms with Crippen molar-refractivity contribution in [3.63, 3.8) is 0 Å². The maximum atomic E-state index is 12.1. The molecule has 1 atom stereocenters. The summed E-state index contributed by atoms with van der Waals surface area (Å²) in [5.74, 6) is -0.321. The summed E-state index contributed by atoms with van der Waals surface area (Å²) in [5.41, 5.74) is 1.03. The molecule has 0 radical (unpaired) electrons. The Labute approximate surface area is 133 Å². The Morgan fingerprint density at radius 3 is 3.05 bits per heavy atom. The summed E-state index contributed by atoms with van der Waals surface area (Å²) in [6, 6.07) is 5.15. The van der Waals surface area contributed by atoms with Crippen LogP contribution in [0, 0.1) is 0 Å². The van der Waals surface area contributed by atoms with Crippen molar-refractivity contribution < 1.29 is 19.1 Å². The average molecular weight is 322 g/mol. The van der Waals surface area contributed by atoms with E-state index in [4.69, 9.17) is 21.1 Å². The zero-order valence-corrected chi connectivity index (χ0v) is 12.9. The summed E-state index contributed by atoms with van der Waals surface area (Å²) >= 11 is 5.92. The van der Waals surface area contributed by atoms with Gasteiger partial charge in [0.05, 0.1) is 5.57 Å². The molecule has 1 amide bonds. The van der Waals surface area contributed by atoms with E-state index in [1.165, 1.54) is 6.92 Å². The molecule has 0 saturated heterocycles. The number of benzene rings is 1. The van der Waals surface area contributed by atoms with Crippen LogP contribution in [0.4, 0.5) is 0 Å². The van der Waals surface area contributed by atoms with Crippen molar-refractivity contribution in [3.8, 4) is 5.75 Å². The van der Waals surface area contributed by atoms with Gasteiger partial charge in [-0.25, -0.2) is 4.79 Å². The molecule has 6 heteroatoms. The van der Waals surface area contributed by atoms with Crippen LogP contribution in [0.15, 0.2) is 36.4 Å². The van der Waals surface area contributed by atoms with Gasteiger partial charge in [0, 0.05) is 17.1 Å². The van der Waals surface area contributed by atoms with Crippen molar-refractivity contribution in [2.45, 2.75) is 13.0 Å². The topological polar surface area (TPSA) is 64.6 Å². The molecular weight excluding hydrogens is 306 g/mol. The summed E-state index contributed by atoms with van der Waals surface area (Å²) < 4.78 is 10.6. The van der Waals surface area contributed by atoms with Crippen molar-refractivity contribution in [2.24, 2.45) is 0 Å². The fourth-order valence-corrected chi connectivity index (χ4v) is 2.05. The summed E-state index contributed by atoms with van der Waals surface area (Å²) in [7, 11) is 0. The number of hydrogen-bond acceptors (Lipinski definition) is 4. The molecule has 5 nitrogen and oxygen atoms in total. The van der Waals surface area contributed by atoms with Gasteiger partial charge in [0.2, 0.25) is 0 Å². The highest BCUT2D eigenvalue weighted by Crippen LogP contribution is 2.29. The third kappa shape index (κ3) is 3.89. The molecule has 0 spiro atoms. The number of nitrogens with one attached hydrogen (secondary N) is 1. The zero-order valence-electron chi connectivity index (χ0n) is 12.1. The van der Waals surface area contributed by atoms with Crippen LogP contribution in [0.25, 0.3) is 6.08 Å². The Morgan fingerprint density at radius 1 is 1.55 bits per heavy atom. The van der Waals surface area contributed by atoms with E-state index < -0.39 is 12.1 Å². The number of carbonyl (C=O) groups is 2. The van der Waals surface area contributed by atoms with Gasteiger partial charge >= 0.3 is 5.97 Å². The monoisotopic (exact) mass is 321 g/mol. The van der Waals surface area contributed by atoms with Gasteiger partial charge < -0.3 is 14.8 Å². The molecular formula is C16H16ClNO4. The number of amides is 1. The number of hydrogen-bond donors (Lipinski definition) is 1. The lowest BCUT2D eigenvalue weighted by Crippen LogP contribution is -2.36. The van der Waals surface area contributed by atoms with E-state index in [1.807, 2.05) is 0 Å². The van der Waals surface area contributed by atoms with E-state index >= 15 is 0 Å².